The van der Waals surface area contributed by atoms with Gasteiger partial charge < -0.3 is 9.84 Å². The van der Waals surface area contributed by atoms with Crippen molar-refractivity contribution in [1.29, 1.82) is 0 Å². The van der Waals surface area contributed by atoms with Crippen molar-refractivity contribution in [3.8, 4) is 11.5 Å². The second-order valence-corrected chi connectivity index (χ2v) is 4.74. The highest BCUT2D eigenvalue weighted by atomic mass is 79.9. The van der Waals surface area contributed by atoms with Gasteiger partial charge in [-0.15, -0.1) is 0 Å². The molecule has 3 nitrogen and oxygen atoms in total. The van der Waals surface area contributed by atoms with E-state index in [4.69, 9.17) is 21.4 Å². The zero-order valence-corrected chi connectivity index (χ0v) is 11.4. The Bertz CT molecular complexity index is 599. The Morgan fingerprint density at radius 3 is 2.50 bits per heavy atom. The van der Waals surface area contributed by atoms with Crippen LogP contribution in [0.4, 0.5) is 0 Å². The predicted molar refractivity (Wildman–Crippen MR) is 72.6 cm³/mol. The van der Waals surface area contributed by atoms with Crippen molar-refractivity contribution < 1.29 is 14.6 Å². The molecule has 0 fully saturated rings. The Labute approximate surface area is 117 Å². The van der Waals surface area contributed by atoms with Gasteiger partial charge in [-0.1, -0.05) is 23.7 Å². The molecular weight excluding hydrogens is 319 g/mol. The van der Waals surface area contributed by atoms with Gasteiger partial charge in [0, 0.05) is 0 Å². The summed E-state index contributed by atoms with van der Waals surface area (Å²) >= 11 is 9.24. The molecule has 2 aromatic rings. The molecule has 1 N–H and O–H groups in total. The first-order valence-electron chi connectivity index (χ1n) is 5.03. The lowest BCUT2D eigenvalue weighted by atomic mass is 10.2. The highest BCUT2D eigenvalue weighted by Crippen LogP contribution is 2.33. The van der Waals surface area contributed by atoms with Crippen molar-refractivity contribution in [2.75, 3.05) is 0 Å². The molecule has 0 bridgehead atoms. The molecule has 0 aliphatic carbocycles. The van der Waals surface area contributed by atoms with E-state index in [2.05, 4.69) is 15.9 Å². The zero-order valence-electron chi connectivity index (χ0n) is 9.06. The molecule has 5 heteroatoms. The third kappa shape index (κ3) is 2.83. The van der Waals surface area contributed by atoms with Crippen molar-refractivity contribution in [2.24, 2.45) is 0 Å². The average molecular weight is 328 g/mol. The highest BCUT2D eigenvalue weighted by Gasteiger charge is 2.09. The quantitative estimate of drug-likeness (QED) is 0.896. The molecule has 0 saturated heterocycles. The van der Waals surface area contributed by atoms with Crippen LogP contribution in [0.2, 0.25) is 5.02 Å². The van der Waals surface area contributed by atoms with Crippen LogP contribution in [0.5, 0.6) is 11.5 Å². The molecular formula is C13H8BrClO3. The molecule has 2 aromatic carbocycles. The minimum Gasteiger partial charge on any atom is -0.478 e. The minimum absolute atomic E-state index is 0.188. The third-order valence-electron chi connectivity index (χ3n) is 2.24. The van der Waals surface area contributed by atoms with E-state index in [0.717, 1.165) is 0 Å². The van der Waals surface area contributed by atoms with Gasteiger partial charge in [-0.2, -0.15) is 0 Å². The smallest absolute Gasteiger partial charge is 0.335 e. The molecule has 0 aliphatic rings. The van der Waals surface area contributed by atoms with Crippen LogP contribution in [0.15, 0.2) is 46.9 Å². The second kappa shape index (κ2) is 5.42. The van der Waals surface area contributed by atoms with Crippen LogP contribution in [-0.2, 0) is 0 Å². The van der Waals surface area contributed by atoms with Gasteiger partial charge in [-0.05, 0) is 46.3 Å². The number of ether oxygens (including phenoxy) is 1. The number of carboxylic acids is 1. The summed E-state index contributed by atoms with van der Waals surface area (Å²) in [5.74, 6) is 0.0380. The second-order valence-electron chi connectivity index (χ2n) is 3.48. The van der Waals surface area contributed by atoms with E-state index >= 15 is 0 Å². The monoisotopic (exact) mass is 326 g/mol. The molecule has 0 aromatic heterocycles. The van der Waals surface area contributed by atoms with Gasteiger partial charge in [0.25, 0.3) is 0 Å². The molecule has 0 amide bonds. The highest BCUT2D eigenvalue weighted by molar-refractivity contribution is 9.10. The van der Waals surface area contributed by atoms with Crippen LogP contribution in [0.1, 0.15) is 10.4 Å². The van der Waals surface area contributed by atoms with Crippen LogP contribution < -0.4 is 4.74 Å². The van der Waals surface area contributed by atoms with Crippen LogP contribution in [-0.4, -0.2) is 11.1 Å². The number of carbonyl (C=O) groups is 1. The van der Waals surface area contributed by atoms with E-state index in [1.54, 1.807) is 30.3 Å². The minimum atomic E-state index is -0.986. The Hall–Kier alpha value is -1.52. The summed E-state index contributed by atoms with van der Waals surface area (Å²) in [7, 11) is 0. The van der Waals surface area contributed by atoms with Crippen LogP contribution in [0.25, 0.3) is 0 Å². The van der Waals surface area contributed by atoms with Gasteiger partial charge in [0.15, 0.2) is 0 Å². The SMILES string of the molecule is O=C(O)c1ccc(Oc2ccccc2Cl)c(Br)c1. The fourth-order valence-electron chi connectivity index (χ4n) is 1.36. The van der Waals surface area contributed by atoms with Crippen molar-refractivity contribution in [1.82, 2.24) is 0 Å². The molecule has 0 aliphatic heterocycles. The van der Waals surface area contributed by atoms with Gasteiger partial charge >= 0.3 is 5.97 Å². The van der Waals surface area contributed by atoms with Gasteiger partial charge in [0.05, 0.1) is 15.1 Å². The fourth-order valence-corrected chi connectivity index (χ4v) is 2.00. The summed E-state index contributed by atoms with van der Waals surface area (Å²) in [4.78, 5) is 10.8. The summed E-state index contributed by atoms with van der Waals surface area (Å²) in [6.07, 6.45) is 0. The van der Waals surface area contributed by atoms with Crippen molar-refractivity contribution in [2.45, 2.75) is 0 Å². The molecule has 18 heavy (non-hydrogen) atoms. The number of carboxylic acid groups (broad SMARTS) is 1. The van der Waals surface area contributed by atoms with E-state index in [1.165, 1.54) is 12.1 Å². The van der Waals surface area contributed by atoms with E-state index in [-0.39, 0.29) is 5.56 Å². The number of hydrogen-bond donors (Lipinski definition) is 1. The number of para-hydroxylation sites is 1. The predicted octanol–water partition coefficient (Wildman–Crippen LogP) is 4.59. The molecule has 92 valence electrons. The van der Waals surface area contributed by atoms with Crippen LogP contribution in [0, 0.1) is 0 Å². The summed E-state index contributed by atoms with van der Waals surface area (Å²) in [6, 6.07) is 11.6. The van der Waals surface area contributed by atoms with Crippen molar-refractivity contribution in [3.05, 3.63) is 57.5 Å². The third-order valence-corrected chi connectivity index (χ3v) is 3.17. The number of aromatic carboxylic acids is 1. The molecule has 0 saturated carbocycles. The molecule has 2 rings (SSSR count). The normalized spacial score (nSPS) is 10.1. The van der Waals surface area contributed by atoms with Gasteiger partial charge in [-0.25, -0.2) is 4.79 Å². The summed E-state index contributed by atoms with van der Waals surface area (Å²) < 4.78 is 6.16. The Balaban J connectivity index is 2.30. The maximum atomic E-state index is 10.8. The van der Waals surface area contributed by atoms with Crippen molar-refractivity contribution in [3.63, 3.8) is 0 Å². The Morgan fingerprint density at radius 2 is 1.89 bits per heavy atom. The maximum absolute atomic E-state index is 10.8. The largest absolute Gasteiger partial charge is 0.478 e. The van der Waals surface area contributed by atoms with Gasteiger partial charge in [0.1, 0.15) is 11.5 Å². The first-order chi connectivity index (χ1) is 8.58. The van der Waals surface area contributed by atoms with Gasteiger partial charge in [-0.3, -0.25) is 0 Å². The molecule has 0 unspecified atom stereocenters. The van der Waals surface area contributed by atoms with Crippen molar-refractivity contribution >= 4 is 33.5 Å². The van der Waals surface area contributed by atoms with Gasteiger partial charge in [0.2, 0.25) is 0 Å². The summed E-state index contributed by atoms with van der Waals surface area (Å²) in [5.41, 5.74) is 0.188. The zero-order chi connectivity index (χ0) is 13.1. The standard InChI is InChI=1S/C13H8BrClO3/c14-9-7-8(13(16)17)5-6-11(9)18-12-4-2-1-3-10(12)15/h1-7H,(H,16,17). The lowest BCUT2D eigenvalue weighted by molar-refractivity contribution is 0.0697. The maximum Gasteiger partial charge on any atom is 0.335 e. The first-order valence-corrected chi connectivity index (χ1v) is 6.20. The van der Waals surface area contributed by atoms with E-state index in [9.17, 15) is 4.79 Å². The van der Waals surface area contributed by atoms with E-state index in [0.29, 0.717) is 21.0 Å². The lowest BCUT2D eigenvalue weighted by Crippen LogP contribution is -1.96. The lowest BCUT2D eigenvalue weighted by Gasteiger charge is -2.09. The number of halogens is 2. The van der Waals surface area contributed by atoms with E-state index < -0.39 is 5.97 Å². The van der Waals surface area contributed by atoms with E-state index in [1.807, 2.05) is 0 Å². The molecule has 0 radical (unpaired) electrons. The van der Waals surface area contributed by atoms with Crippen LogP contribution >= 0.6 is 27.5 Å². The van der Waals surface area contributed by atoms with Crippen LogP contribution in [0.3, 0.4) is 0 Å². The topological polar surface area (TPSA) is 46.5 Å². The molecule has 0 heterocycles. The Morgan fingerprint density at radius 1 is 1.17 bits per heavy atom. The number of benzene rings is 2. The average Bonchev–Trinajstić information content (AvgIpc) is 2.34. The number of hydrogen-bond acceptors (Lipinski definition) is 2. The molecule has 0 spiro atoms. The first kappa shape index (κ1) is 12.9. The Kier molecular flexibility index (Phi) is 3.89. The molecule has 0 atom stereocenters. The summed E-state index contributed by atoms with van der Waals surface area (Å²) in [5, 5.41) is 9.34. The number of rotatable bonds is 3. The summed E-state index contributed by atoms with van der Waals surface area (Å²) in [6.45, 7) is 0. The fraction of sp³-hybridized carbons (Fsp3) is 0.